The molecule has 0 saturated carbocycles. The average Bonchev–Trinajstić information content (AvgIpc) is 3.83. The minimum atomic E-state index is -5.45. The van der Waals surface area contributed by atoms with Crippen LogP contribution in [-0.2, 0) is 18.5 Å². The number of nitrogens with zero attached hydrogens (tertiary/aromatic N) is 11. The molecule has 3 aromatic carbocycles. The van der Waals surface area contributed by atoms with E-state index in [9.17, 15) is 50.0 Å². The van der Waals surface area contributed by atoms with E-state index in [0.717, 1.165) is 29.3 Å². The number of hydrogen-bond acceptors (Lipinski definition) is 10. The summed E-state index contributed by atoms with van der Waals surface area (Å²) in [6.45, 7) is 12.8. The summed E-state index contributed by atoms with van der Waals surface area (Å²) in [5, 5.41) is 19.9. The average molecular weight is 786 g/mol. The summed E-state index contributed by atoms with van der Waals surface area (Å²) in [6.07, 6.45) is -15.6. The zero-order valence-corrected chi connectivity index (χ0v) is 28.9. The fourth-order valence-electron chi connectivity index (χ4n) is 5.90. The Morgan fingerprint density at radius 2 is 0.842 bits per heavy atom. The van der Waals surface area contributed by atoms with Crippen LogP contribution < -0.4 is 32.1 Å². The molecular formula is C37H16F9N11. The zero-order valence-electron chi connectivity index (χ0n) is 28.9. The Balaban J connectivity index is 1.50. The molecule has 1 aromatic heterocycles. The van der Waals surface area contributed by atoms with Crippen molar-refractivity contribution in [3.8, 4) is 12.1 Å². The molecule has 0 fully saturated rings. The van der Waals surface area contributed by atoms with E-state index in [1.54, 1.807) is 18.2 Å². The predicted octanol–water partition coefficient (Wildman–Crippen LogP) is 5.25. The monoisotopic (exact) mass is 785 g/mol. The lowest BCUT2D eigenvalue weighted by molar-refractivity contribution is -0.162. The maximum atomic E-state index is 13.7. The van der Waals surface area contributed by atoms with Crippen LogP contribution in [0.5, 0.6) is 0 Å². The van der Waals surface area contributed by atoms with Crippen molar-refractivity contribution in [3.05, 3.63) is 154 Å². The summed E-state index contributed by atoms with van der Waals surface area (Å²) in [7, 11) is 0. The molecule has 20 heteroatoms. The van der Waals surface area contributed by atoms with Crippen molar-refractivity contribution in [1.82, 2.24) is 9.97 Å². The van der Waals surface area contributed by atoms with Gasteiger partial charge in [0.15, 0.2) is 23.3 Å². The lowest BCUT2D eigenvalue weighted by Crippen LogP contribution is -2.29. The molecule has 3 aliphatic heterocycles. The van der Waals surface area contributed by atoms with E-state index in [1.165, 1.54) is 6.92 Å². The third kappa shape index (κ3) is 6.80. The van der Waals surface area contributed by atoms with Crippen molar-refractivity contribution in [2.45, 2.75) is 39.3 Å². The molecule has 4 heterocycles. The van der Waals surface area contributed by atoms with E-state index in [0.29, 0.717) is 10.7 Å². The Morgan fingerprint density at radius 1 is 0.509 bits per heavy atom. The summed E-state index contributed by atoms with van der Waals surface area (Å²) in [5.41, 5.74) is -5.91. The molecule has 0 saturated heterocycles. The number of benzene rings is 3. The molecule has 0 spiro atoms. The molecule has 0 atom stereocenters. The van der Waals surface area contributed by atoms with Gasteiger partial charge < -0.3 is 0 Å². The first-order chi connectivity index (χ1) is 26.7. The van der Waals surface area contributed by atoms with Crippen molar-refractivity contribution >= 4 is 16.8 Å². The van der Waals surface area contributed by atoms with Crippen LogP contribution in [-0.4, -0.2) is 9.97 Å². The highest BCUT2D eigenvalue weighted by Gasteiger charge is 2.43. The second-order valence-corrected chi connectivity index (χ2v) is 12.5. The van der Waals surface area contributed by atoms with Crippen molar-refractivity contribution < 1.29 is 39.5 Å². The van der Waals surface area contributed by atoms with E-state index in [4.69, 9.17) is 6.57 Å². The van der Waals surface area contributed by atoms with Crippen molar-refractivity contribution in [1.29, 1.82) is 10.5 Å². The van der Waals surface area contributed by atoms with E-state index in [2.05, 4.69) is 44.8 Å². The van der Waals surface area contributed by atoms with Gasteiger partial charge in [-0.1, -0.05) is 0 Å². The molecule has 11 nitrogen and oxygen atoms in total. The molecule has 0 unspecified atom stereocenters. The van der Waals surface area contributed by atoms with E-state index < -0.39 is 80.4 Å². The lowest BCUT2D eigenvalue weighted by Gasteiger charge is -2.14. The topological polar surface area (TPSA) is 152 Å². The molecule has 0 amide bonds. The summed E-state index contributed by atoms with van der Waals surface area (Å²) in [4.78, 5) is 36.9. The second kappa shape index (κ2) is 13.1. The Bertz CT molecular complexity index is 3050. The number of aromatic nitrogens is 2. The van der Waals surface area contributed by atoms with Gasteiger partial charge in [-0.25, -0.2) is 44.8 Å². The fraction of sp³-hybridized carbons (Fsp3) is 0.162. The third-order valence-corrected chi connectivity index (χ3v) is 8.75. The van der Waals surface area contributed by atoms with Crippen molar-refractivity contribution in [2.24, 2.45) is 30.0 Å². The largest absolute Gasteiger partial charge is 0.417 e. The third-order valence-electron chi connectivity index (χ3n) is 8.75. The maximum Gasteiger partial charge on any atom is 0.417 e. The first-order valence-corrected chi connectivity index (χ1v) is 16.0. The van der Waals surface area contributed by atoms with Gasteiger partial charge in [-0.05, 0) is 79.9 Å². The van der Waals surface area contributed by atoms with Crippen LogP contribution in [0, 0.1) is 50.0 Å². The number of allylic oxidation sites excluding steroid dienone is 2. The minimum absolute atomic E-state index is 0.0302. The molecule has 4 aromatic rings. The number of hydrogen-bond donors (Lipinski definition) is 0. The molecule has 0 N–H and O–H groups in total. The maximum absolute atomic E-state index is 13.7. The number of nitriles is 2. The predicted molar refractivity (Wildman–Crippen MR) is 176 cm³/mol. The number of alkyl halides is 9. The smallest absolute Gasteiger partial charge is 0.239 e. The van der Waals surface area contributed by atoms with Crippen LogP contribution in [0.1, 0.15) is 50.6 Å². The van der Waals surface area contributed by atoms with Crippen molar-refractivity contribution in [2.75, 3.05) is 0 Å². The molecule has 0 bridgehead atoms. The first-order valence-electron chi connectivity index (χ1n) is 16.0. The van der Waals surface area contributed by atoms with Gasteiger partial charge in [0.2, 0.25) is 0 Å². The molecule has 0 aliphatic carbocycles. The molecule has 7 rings (SSSR count). The summed E-state index contributed by atoms with van der Waals surface area (Å²) in [5.74, 6) is -1.87. The van der Waals surface area contributed by atoms with Gasteiger partial charge in [-0.15, -0.1) is 0 Å². The first kappa shape index (κ1) is 37.9. The number of halogens is 9. The van der Waals surface area contributed by atoms with Crippen LogP contribution in [0.4, 0.5) is 39.5 Å². The normalized spacial score (nSPS) is 14.9. The quantitative estimate of drug-likeness (QED) is 0.158. The van der Waals surface area contributed by atoms with Crippen LogP contribution in [0.25, 0.3) is 21.7 Å². The highest BCUT2D eigenvalue weighted by Crippen LogP contribution is 2.39. The van der Waals surface area contributed by atoms with Crippen LogP contribution in [0.15, 0.2) is 89.9 Å². The van der Waals surface area contributed by atoms with Gasteiger partial charge in [0, 0.05) is 0 Å². The Kier molecular flexibility index (Phi) is 8.73. The van der Waals surface area contributed by atoms with E-state index in [1.807, 2.05) is 19.9 Å². The van der Waals surface area contributed by atoms with Crippen LogP contribution in [0.3, 0.4) is 0 Å². The van der Waals surface area contributed by atoms with Gasteiger partial charge in [0.05, 0.1) is 66.8 Å². The molecule has 0 radical (unpaired) electrons. The number of fused-ring (bicyclic) bond motifs is 3. The van der Waals surface area contributed by atoms with Crippen LogP contribution >= 0.6 is 0 Å². The summed E-state index contributed by atoms with van der Waals surface area (Å²) in [6, 6.07) is 10.2. The molecule has 57 heavy (non-hydrogen) atoms. The number of rotatable bonds is 3. The SMILES string of the molecule is [C-]#[N+]/C(=C1\N=c2cc(C)c(C(F)(F)F)cc2=N1)c1nc(C(C#N)=C2N=c3cc(C)c(C)cc3=N2)cc(C(C#N)=C2N=c3cc(C(F)(F)F)c(C(F)(F)F)cc3=N2)n1. The number of aryl methyl sites for hydroxylation is 3. The highest BCUT2D eigenvalue weighted by atomic mass is 19.4. The second-order valence-electron chi connectivity index (χ2n) is 12.5. The highest BCUT2D eigenvalue weighted by molar-refractivity contribution is 5.84. The van der Waals surface area contributed by atoms with E-state index >= 15 is 0 Å². The molecule has 3 aliphatic rings. The van der Waals surface area contributed by atoms with Gasteiger partial charge in [-0.2, -0.15) is 50.0 Å². The van der Waals surface area contributed by atoms with Crippen molar-refractivity contribution in [3.63, 3.8) is 0 Å². The lowest BCUT2D eigenvalue weighted by atomic mass is 10.1. The standard InChI is InChI=1S/C37H16F9N11/c1-14-5-24-25(6-15(14)2)53-31(52-24)17(12-47)22-11-23(18(13-48)32-54-28-9-20(36(41,42)43)21(37(44,45)46)10-29(28)55-32)51-33(50-22)30(49-4)34-56-26-7-16(3)19(35(38,39)40)8-27(26)57-34/h5-11H,1-3H3/b34-30+. The minimum Gasteiger partial charge on any atom is -0.239 e. The van der Waals surface area contributed by atoms with Gasteiger partial charge in [0.1, 0.15) is 23.3 Å². The van der Waals surface area contributed by atoms with Crippen LogP contribution in [0.2, 0.25) is 0 Å². The van der Waals surface area contributed by atoms with Gasteiger partial charge in [0.25, 0.3) is 5.70 Å². The van der Waals surface area contributed by atoms with E-state index in [-0.39, 0.29) is 45.5 Å². The fourth-order valence-corrected chi connectivity index (χ4v) is 5.90. The summed E-state index contributed by atoms with van der Waals surface area (Å²) >= 11 is 0. The Morgan fingerprint density at radius 3 is 1.19 bits per heavy atom. The Hall–Kier alpha value is -7.40. The van der Waals surface area contributed by atoms with Gasteiger partial charge in [-0.3, -0.25) is 0 Å². The molecular weight excluding hydrogens is 769 g/mol. The van der Waals surface area contributed by atoms with Gasteiger partial charge >= 0.3 is 18.5 Å². The summed E-state index contributed by atoms with van der Waals surface area (Å²) < 4.78 is 123. The molecule has 282 valence electrons. The zero-order chi connectivity index (χ0) is 41.4. The Labute approximate surface area is 312 Å².